The first kappa shape index (κ1) is 23.5. The van der Waals surface area contributed by atoms with Gasteiger partial charge in [-0.2, -0.15) is 0 Å². The molecule has 0 aliphatic carbocycles. The predicted molar refractivity (Wildman–Crippen MR) is 134 cm³/mol. The SMILES string of the molecule is Cc1ccc(C)c(Cn2nc3n(C(C)C)c(=O)c4ccc(C(=O)NCC(C)C)cc4n3c2=O)c1. The molecule has 0 saturated heterocycles. The summed E-state index contributed by atoms with van der Waals surface area (Å²) in [7, 11) is 0. The van der Waals surface area contributed by atoms with Gasteiger partial charge in [-0.25, -0.2) is 13.9 Å². The second-order valence-corrected chi connectivity index (χ2v) is 9.61. The molecule has 34 heavy (non-hydrogen) atoms. The molecule has 8 heteroatoms. The van der Waals surface area contributed by atoms with E-state index >= 15 is 0 Å². The number of aryl methyl sites for hydroxylation is 2. The summed E-state index contributed by atoms with van der Waals surface area (Å²) in [6.07, 6.45) is 0. The fraction of sp³-hybridized carbons (Fsp3) is 0.385. The highest BCUT2D eigenvalue weighted by atomic mass is 16.2. The lowest BCUT2D eigenvalue weighted by molar-refractivity contribution is 0.0949. The third-order valence-corrected chi connectivity index (χ3v) is 6.00. The van der Waals surface area contributed by atoms with Crippen molar-refractivity contribution in [2.75, 3.05) is 6.54 Å². The Morgan fingerprint density at radius 2 is 1.76 bits per heavy atom. The summed E-state index contributed by atoms with van der Waals surface area (Å²) in [5.74, 6) is 0.329. The van der Waals surface area contributed by atoms with Crippen LogP contribution in [0.4, 0.5) is 0 Å². The Hall–Kier alpha value is -3.68. The summed E-state index contributed by atoms with van der Waals surface area (Å²) in [6.45, 7) is 12.6. The Balaban J connectivity index is 1.96. The van der Waals surface area contributed by atoms with Gasteiger partial charge in [0.2, 0.25) is 5.78 Å². The lowest BCUT2D eigenvalue weighted by Gasteiger charge is -2.13. The Bertz CT molecular complexity index is 1520. The molecule has 2 heterocycles. The molecule has 0 atom stereocenters. The maximum atomic E-state index is 13.6. The van der Waals surface area contributed by atoms with Crippen LogP contribution >= 0.6 is 0 Å². The van der Waals surface area contributed by atoms with Crippen molar-refractivity contribution < 1.29 is 4.79 Å². The molecule has 0 spiro atoms. The molecule has 2 aromatic carbocycles. The summed E-state index contributed by atoms with van der Waals surface area (Å²) in [6, 6.07) is 10.7. The summed E-state index contributed by atoms with van der Waals surface area (Å²) < 4.78 is 4.36. The van der Waals surface area contributed by atoms with Crippen molar-refractivity contribution in [3.05, 3.63) is 79.5 Å². The van der Waals surface area contributed by atoms with Crippen LogP contribution in [0.5, 0.6) is 0 Å². The van der Waals surface area contributed by atoms with E-state index < -0.39 is 0 Å². The Morgan fingerprint density at radius 1 is 1.03 bits per heavy atom. The minimum Gasteiger partial charge on any atom is -0.352 e. The number of carbonyl (C=O) groups excluding carboxylic acids is 1. The van der Waals surface area contributed by atoms with E-state index in [9.17, 15) is 14.4 Å². The van der Waals surface area contributed by atoms with Crippen molar-refractivity contribution in [1.29, 1.82) is 0 Å². The van der Waals surface area contributed by atoms with Crippen LogP contribution in [0, 0.1) is 19.8 Å². The highest BCUT2D eigenvalue weighted by Crippen LogP contribution is 2.18. The number of carbonyl (C=O) groups is 1. The fourth-order valence-corrected chi connectivity index (χ4v) is 4.12. The highest BCUT2D eigenvalue weighted by Gasteiger charge is 2.20. The van der Waals surface area contributed by atoms with Gasteiger partial charge in [-0.1, -0.05) is 37.6 Å². The molecule has 2 aromatic heterocycles. The zero-order chi connectivity index (χ0) is 24.7. The number of hydrogen-bond donors (Lipinski definition) is 1. The molecule has 0 unspecified atom stereocenters. The second kappa shape index (κ2) is 8.93. The van der Waals surface area contributed by atoms with E-state index in [0.29, 0.717) is 28.9 Å². The molecule has 0 fully saturated rings. The lowest BCUT2D eigenvalue weighted by Crippen LogP contribution is -2.29. The number of fused-ring (bicyclic) bond motifs is 3. The molecule has 4 rings (SSSR count). The van der Waals surface area contributed by atoms with Gasteiger partial charge in [0, 0.05) is 18.2 Å². The van der Waals surface area contributed by atoms with Crippen molar-refractivity contribution in [2.24, 2.45) is 5.92 Å². The van der Waals surface area contributed by atoms with Gasteiger partial charge in [0.25, 0.3) is 11.5 Å². The van der Waals surface area contributed by atoms with Crippen molar-refractivity contribution in [2.45, 2.75) is 54.1 Å². The van der Waals surface area contributed by atoms with E-state index in [0.717, 1.165) is 16.7 Å². The van der Waals surface area contributed by atoms with Crippen molar-refractivity contribution in [1.82, 2.24) is 24.1 Å². The quantitative estimate of drug-likeness (QED) is 0.476. The summed E-state index contributed by atoms with van der Waals surface area (Å²) in [5, 5.41) is 7.83. The van der Waals surface area contributed by atoms with Crippen LogP contribution < -0.4 is 16.6 Å². The normalized spacial score (nSPS) is 11.8. The average molecular weight is 462 g/mol. The number of hydrogen-bond acceptors (Lipinski definition) is 4. The second-order valence-electron chi connectivity index (χ2n) is 9.61. The summed E-state index contributed by atoms with van der Waals surface area (Å²) in [5.41, 5.74) is 3.33. The Morgan fingerprint density at radius 3 is 2.44 bits per heavy atom. The number of nitrogens with one attached hydrogen (secondary N) is 1. The molecule has 4 aromatic rings. The van der Waals surface area contributed by atoms with Crippen LogP contribution in [0.1, 0.15) is 60.8 Å². The zero-order valence-corrected chi connectivity index (χ0v) is 20.5. The van der Waals surface area contributed by atoms with E-state index in [4.69, 9.17) is 0 Å². The van der Waals surface area contributed by atoms with Crippen LogP contribution in [0.3, 0.4) is 0 Å². The third-order valence-electron chi connectivity index (χ3n) is 6.00. The van der Waals surface area contributed by atoms with Crippen LogP contribution in [0.25, 0.3) is 16.7 Å². The number of nitrogens with zero attached hydrogens (tertiary/aromatic N) is 4. The highest BCUT2D eigenvalue weighted by molar-refractivity contribution is 5.98. The predicted octanol–water partition coefficient (Wildman–Crippen LogP) is 3.44. The number of aromatic nitrogens is 4. The van der Waals surface area contributed by atoms with Gasteiger partial charge in [-0.15, -0.1) is 5.10 Å². The van der Waals surface area contributed by atoms with E-state index in [2.05, 4.69) is 10.4 Å². The van der Waals surface area contributed by atoms with Gasteiger partial charge in [-0.05, 0) is 62.9 Å². The van der Waals surface area contributed by atoms with Crippen LogP contribution in [0.2, 0.25) is 0 Å². The molecule has 0 aliphatic rings. The topological polar surface area (TPSA) is 90.4 Å². The monoisotopic (exact) mass is 461 g/mol. The minimum absolute atomic E-state index is 0.204. The zero-order valence-electron chi connectivity index (χ0n) is 20.5. The Kier molecular flexibility index (Phi) is 6.17. The lowest BCUT2D eigenvalue weighted by atomic mass is 10.1. The average Bonchev–Trinajstić information content (AvgIpc) is 3.09. The van der Waals surface area contributed by atoms with Crippen LogP contribution in [-0.4, -0.2) is 31.2 Å². The maximum Gasteiger partial charge on any atom is 0.352 e. The van der Waals surface area contributed by atoms with Gasteiger partial charge in [-0.3, -0.25) is 14.2 Å². The molecular formula is C26H31N5O3. The molecule has 8 nitrogen and oxygen atoms in total. The smallest absolute Gasteiger partial charge is 0.352 e. The number of benzene rings is 2. The number of rotatable bonds is 6. The van der Waals surface area contributed by atoms with Crippen LogP contribution in [0.15, 0.2) is 46.0 Å². The molecule has 1 amide bonds. The third kappa shape index (κ3) is 4.16. The standard InChI is InChI=1S/C26H31N5O3/c1-15(2)13-27-23(32)19-9-10-21-22(12-19)31-25(30(16(3)4)24(21)33)28-29(26(31)34)14-20-11-17(5)7-8-18(20)6/h7-12,15-16H,13-14H2,1-6H3,(H,27,32). The van der Waals surface area contributed by atoms with Gasteiger partial charge >= 0.3 is 5.69 Å². The molecule has 1 N–H and O–H groups in total. The maximum absolute atomic E-state index is 13.6. The first-order valence-electron chi connectivity index (χ1n) is 11.6. The van der Waals surface area contributed by atoms with Gasteiger partial charge in [0.15, 0.2) is 0 Å². The van der Waals surface area contributed by atoms with Crippen molar-refractivity contribution in [3.63, 3.8) is 0 Å². The van der Waals surface area contributed by atoms with Gasteiger partial charge in [0.05, 0.1) is 17.4 Å². The van der Waals surface area contributed by atoms with E-state index in [-0.39, 0.29) is 35.5 Å². The molecule has 178 valence electrons. The van der Waals surface area contributed by atoms with Crippen molar-refractivity contribution in [3.8, 4) is 0 Å². The van der Waals surface area contributed by atoms with Gasteiger partial charge in [0.1, 0.15) is 0 Å². The van der Waals surface area contributed by atoms with E-state index in [1.807, 2.05) is 59.7 Å². The van der Waals surface area contributed by atoms with Crippen LogP contribution in [-0.2, 0) is 6.54 Å². The first-order chi connectivity index (χ1) is 16.1. The summed E-state index contributed by atoms with van der Waals surface area (Å²) in [4.78, 5) is 39.6. The first-order valence-corrected chi connectivity index (χ1v) is 11.6. The minimum atomic E-state index is -0.352. The molecule has 0 bridgehead atoms. The van der Waals surface area contributed by atoms with Crippen molar-refractivity contribution >= 4 is 22.6 Å². The Labute approximate surface area is 197 Å². The van der Waals surface area contributed by atoms with E-state index in [1.165, 1.54) is 13.6 Å². The molecular weight excluding hydrogens is 430 g/mol. The van der Waals surface area contributed by atoms with E-state index in [1.54, 1.807) is 18.2 Å². The molecule has 0 aliphatic heterocycles. The van der Waals surface area contributed by atoms with Gasteiger partial charge < -0.3 is 5.32 Å². The largest absolute Gasteiger partial charge is 0.352 e. The number of amides is 1. The summed E-state index contributed by atoms with van der Waals surface area (Å²) >= 11 is 0. The molecule has 0 radical (unpaired) electrons. The molecule has 0 saturated carbocycles. The fourth-order valence-electron chi connectivity index (χ4n) is 4.12.